The number of rotatable bonds is 4. The van der Waals surface area contributed by atoms with Crippen LogP contribution < -0.4 is 5.32 Å². The molecule has 1 aromatic heterocycles. The van der Waals surface area contributed by atoms with Gasteiger partial charge in [0.2, 0.25) is 0 Å². The average Bonchev–Trinajstić information content (AvgIpc) is 2.54. The molecule has 7 heteroatoms. The maximum Gasteiger partial charge on any atom is 0.337 e. The molecule has 2 rings (SSSR count). The number of nitriles is 1. The van der Waals surface area contributed by atoms with Crippen LogP contribution in [-0.4, -0.2) is 29.3 Å². The number of hydrogen-bond acceptors (Lipinski definition) is 7. The quantitative estimate of drug-likeness (QED) is 0.527. The molecule has 106 valence electrons. The van der Waals surface area contributed by atoms with E-state index < -0.39 is 5.97 Å². The van der Waals surface area contributed by atoms with E-state index >= 15 is 0 Å². The summed E-state index contributed by atoms with van der Waals surface area (Å²) in [5.41, 5.74) is 1.56. The van der Waals surface area contributed by atoms with Gasteiger partial charge in [0.1, 0.15) is 23.0 Å². The summed E-state index contributed by atoms with van der Waals surface area (Å²) in [6.07, 6.45) is 3.25. The number of hydrogen-bond donors (Lipinski definition) is 1. The number of nitrogens with one attached hydrogen (secondary N) is 1. The van der Waals surface area contributed by atoms with Crippen LogP contribution in [0.1, 0.15) is 15.9 Å². The molecule has 1 heterocycles. The van der Waals surface area contributed by atoms with E-state index in [0.29, 0.717) is 27.7 Å². The first-order valence-corrected chi connectivity index (χ1v) is 7.16. The summed E-state index contributed by atoms with van der Waals surface area (Å²) < 4.78 is 4.64. The average molecular weight is 300 g/mol. The lowest BCUT2D eigenvalue weighted by atomic mass is 10.2. The first kappa shape index (κ1) is 14.8. The Labute approximate surface area is 126 Å². The summed E-state index contributed by atoms with van der Waals surface area (Å²) in [6.45, 7) is 0. The molecular weight excluding hydrogens is 288 g/mol. The Morgan fingerprint density at radius 3 is 2.62 bits per heavy atom. The number of methoxy groups -OCH3 is 1. The minimum Gasteiger partial charge on any atom is -0.465 e. The molecular formula is C14H12N4O2S. The molecule has 1 aromatic carbocycles. The van der Waals surface area contributed by atoms with E-state index in [1.54, 1.807) is 24.3 Å². The summed E-state index contributed by atoms with van der Waals surface area (Å²) in [7, 11) is 1.33. The van der Waals surface area contributed by atoms with E-state index in [9.17, 15) is 10.1 Å². The predicted octanol–water partition coefficient (Wildman–Crippen LogP) is 2.60. The first-order chi connectivity index (χ1) is 10.2. The molecule has 0 fully saturated rings. The fourth-order valence-electron chi connectivity index (χ4n) is 1.66. The zero-order chi connectivity index (χ0) is 15.2. The lowest BCUT2D eigenvalue weighted by molar-refractivity contribution is 0.0601. The second-order valence-corrected chi connectivity index (χ2v) is 4.71. The molecule has 1 N–H and O–H groups in total. The predicted molar refractivity (Wildman–Crippen MR) is 79.6 cm³/mol. The molecule has 21 heavy (non-hydrogen) atoms. The smallest absolute Gasteiger partial charge is 0.337 e. The third-order valence-electron chi connectivity index (χ3n) is 2.69. The lowest BCUT2D eigenvalue weighted by Crippen LogP contribution is -2.02. The van der Waals surface area contributed by atoms with Crippen LogP contribution in [0.2, 0.25) is 0 Å². The van der Waals surface area contributed by atoms with Crippen molar-refractivity contribution in [3.63, 3.8) is 0 Å². The van der Waals surface area contributed by atoms with Crippen molar-refractivity contribution in [1.82, 2.24) is 9.97 Å². The molecule has 0 saturated carbocycles. The standard InChI is InChI=1S/C14H12N4O2S/c1-20-14(19)9-3-5-10(6-4-9)18-12-11(7-15)13(21-2)17-8-16-12/h3-6,8H,1-2H3,(H,16,17,18). The van der Waals surface area contributed by atoms with Gasteiger partial charge in [-0.15, -0.1) is 11.8 Å². The second-order valence-electron chi connectivity index (χ2n) is 3.91. The van der Waals surface area contributed by atoms with Crippen molar-refractivity contribution in [2.45, 2.75) is 5.03 Å². The highest BCUT2D eigenvalue weighted by Crippen LogP contribution is 2.24. The number of aromatic nitrogens is 2. The topological polar surface area (TPSA) is 87.9 Å². The molecule has 6 nitrogen and oxygen atoms in total. The molecule has 0 spiro atoms. The van der Waals surface area contributed by atoms with Crippen LogP contribution in [-0.2, 0) is 4.74 Å². The second kappa shape index (κ2) is 6.72. The van der Waals surface area contributed by atoms with Crippen molar-refractivity contribution < 1.29 is 9.53 Å². The van der Waals surface area contributed by atoms with Gasteiger partial charge in [0.25, 0.3) is 0 Å². The third kappa shape index (κ3) is 3.30. The van der Waals surface area contributed by atoms with Crippen LogP contribution in [0.3, 0.4) is 0 Å². The van der Waals surface area contributed by atoms with E-state index in [1.807, 2.05) is 6.26 Å². The minimum atomic E-state index is -0.397. The number of thioether (sulfide) groups is 1. The normalized spacial score (nSPS) is 9.76. The number of carbonyl (C=O) groups excluding carboxylic acids is 1. The monoisotopic (exact) mass is 300 g/mol. The molecule has 0 radical (unpaired) electrons. The Hall–Kier alpha value is -2.59. The van der Waals surface area contributed by atoms with Crippen LogP contribution in [0.15, 0.2) is 35.6 Å². The van der Waals surface area contributed by atoms with Gasteiger partial charge in [-0.2, -0.15) is 5.26 Å². The summed E-state index contributed by atoms with van der Waals surface area (Å²) in [5.74, 6) is 0.0358. The molecule has 0 saturated heterocycles. The van der Waals surface area contributed by atoms with Gasteiger partial charge in [-0.05, 0) is 30.5 Å². The molecule has 0 unspecified atom stereocenters. The Balaban J connectivity index is 2.27. The Morgan fingerprint density at radius 1 is 1.33 bits per heavy atom. The van der Waals surface area contributed by atoms with Crippen molar-refractivity contribution in [2.75, 3.05) is 18.7 Å². The molecule has 2 aromatic rings. The maximum atomic E-state index is 11.4. The SMILES string of the molecule is COC(=O)c1ccc(Nc2ncnc(SC)c2C#N)cc1. The van der Waals surface area contributed by atoms with Gasteiger partial charge in [-0.25, -0.2) is 14.8 Å². The van der Waals surface area contributed by atoms with E-state index in [0.717, 1.165) is 0 Å². The van der Waals surface area contributed by atoms with Gasteiger partial charge in [0, 0.05) is 5.69 Å². The van der Waals surface area contributed by atoms with Gasteiger partial charge >= 0.3 is 5.97 Å². The zero-order valence-electron chi connectivity index (χ0n) is 11.5. The molecule has 0 aliphatic heterocycles. The summed E-state index contributed by atoms with van der Waals surface area (Å²) >= 11 is 1.38. The molecule has 0 aliphatic carbocycles. The molecule has 0 atom stereocenters. The molecule has 0 aliphatic rings. The molecule has 0 amide bonds. The summed E-state index contributed by atoms with van der Waals surface area (Å²) in [5, 5.41) is 12.9. The van der Waals surface area contributed by atoms with Gasteiger partial charge < -0.3 is 10.1 Å². The highest BCUT2D eigenvalue weighted by Gasteiger charge is 2.11. The van der Waals surface area contributed by atoms with Gasteiger partial charge in [0.15, 0.2) is 5.82 Å². The Bertz CT molecular complexity index is 695. The Kier molecular flexibility index (Phi) is 4.74. The van der Waals surface area contributed by atoms with Crippen LogP contribution in [0.25, 0.3) is 0 Å². The van der Waals surface area contributed by atoms with E-state index in [4.69, 9.17) is 0 Å². The Morgan fingerprint density at radius 2 is 2.05 bits per heavy atom. The number of ether oxygens (including phenoxy) is 1. The van der Waals surface area contributed by atoms with Crippen molar-refractivity contribution in [1.29, 1.82) is 5.26 Å². The van der Waals surface area contributed by atoms with Crippen LogP contribution in [0.4, 0.5) is 11.5 Å². The van der Waals surface area contributed by atoms with Gasteiger partial charge in [-0.1, -0.05) is 0 Å². The summed E-state index contributed by atoms with van der Waals surface area (Å²) in [6, 6.07) is 8.80. The fourth-order valence-corrected chi connectivity index (χ4v) is 2.16. The highest BCUT2D eigenvalue weighted by atomic mass is 32.2. The third-order valence-corrected chi connectivity index (χ3v) is 3.38. The van der Waals surface area contributed by atoms with E-state index in [-0.39, 0.29) is 0 Å². The highest BCUT2D eigenvalue weighted by molar-refractivity contribution is 7.98. The number of benzene rings is 1. The lowest BCUT2D eigenvalue weighted by Gasteiger charge is -2.09. The number of carbonyl (C=O) groups is 1. The fraction of sp³-hybridized carbons (Fsp3) is 0.143. The van der Waals surface area contributed by atoms with Crippen molar-refractivity contribution in [2.24, 2.45) is 0 Å². The van der Waals surface area contributed by atoms with E-state index in [1.165, 1.54) is 25.2 Å². The number of anilines is 2. The van der Waals surface area contributed by atoms with Crippen LogP contribution in [0.5, 0.6) is 0 Å². The first-order valence-electron chi connectivity index (χ1n) is 5.94. The van der Waals surface area contributed by atoms with E-state index in [2.05, 4.69) is 26.1 Å². The number of nitrogens with zero attached hydrogens (tertiary/aromatic N) is 3. The van der Waals surface area contributed by atoms with Crippen molar-refractivity contribution >= 4 is 29.2 Å². The number of esters is 1. The van der Waals surface area contributed by atoms with Gasteiger partial charge in [-0.3, -0.25) is 0 Å². The van der Waals surface area contributed by atoms with Crippen molar-refractivity contribution in [3.05, 3.63) is 41.7 Å². The molecule has 0 bridgehead atoms. The van der Waals surface area contributed by atoms with Gasteiger partial charge in [0.05, 0.1) is 12.7 Å². The minimum absolute atomic E-state index is 0.391. The summed E-state index contributed by atoms with van der Waals surface area (Å²) in [4.78, 5) is 19.5. The van der Waals surface area contributed by atoms with Crippen molar-refractivity contribution in [3.8, 4) is 6.07 Å². The largest absolute Gasteiger partial charge is 0.465 e. The van der Waals surface area contributed by atoms with Crippen LogP contribution in [0, 0.1) is 11.3 Å². The van der Waals surface area contributed by atoms with Crippen LogP contribution >= 0.6 is 11.8 Å². The zero-order valence-corrected chi connectivity index (χ0v) is 12.3. The maximum absolute atomic E-state index is 11.4.